The van der Waals surface area contributed by atoms with Gasteiger partial charge in [-0.05, 0) is 64.4 Å². The molecular formula is C28H37ClN4O5. The number of pyridine rings is 1. The molecule has 9 nitrogen and oxygen atoms in total. The van der Waals surface area contributed by atoms with Crippen LogP contribution < -0.4 is 5.32 Å². The van der Waals surface area contributed by atoms with Gasteiger partial charge in [0.1, 0.15) is 11.6 Å². The van der Waals surface area contributed by atoms with E-state index in [2.05, 4.69) is 20.4 Å². The molecule has 1 aromatic heterocycles. The lowest BCUT2D eigenvalue weighted by molar-refractivity contribution is -0.156. The lowest BCUT2D eigenvalue weighted by Gasteiger charge is -2.30. The number of carbonyl (C=O) groups excluding carboxylic acids is 2. The molecule has 3 rings (SSSR count). The highest BCUT2D eigenvalue weighted by atomic mass is 35.5. The molecule has 2 aromatic rings. The van der Waals surface area contributed by atoms with Crippen molar-refractivity contribution in [2.45, 2.75) is 64.2 Å². The number of piperidine rings is 1. The number of alkyl carbamates (subject to hydrolysis) is 1. The summed E-state index contributed by atoms with van der Waals surface area (Å²) in [5, 5.41) is 6.81. The van der Waals surface area contributed by atoms with Crippen LogP contribution in [-0.2, 0) is 25.5 Å². The molecule has 1 aromatic carbocycles. The first-order valence-electron chi connectivity index (χ1n) is 12.9. The number of benzene rings is 1. The number of hydrogen-bond acceptors (Lipinski definition) is 8. The van der Waals surface area contributed by atoms with E-state index < -0.39 is 29.8 Å². The predicted octanol–water partition coefficient (Wildman–Crippen LogP) is 4.53. The zero-order valence-corrected chi connectivity index (χ0v) is 23.0. The van der Waals surface area contributed by atoms with Gasteiger partial charge in [0.25, 0.3) is 0 Å². The lowest BCUT2D eigenvalue weighted by atomic mass is 10.1. The number of nitrogens with one attached hydrogen (secondary N) is 1. The Morgan fingerprint density at radius 3 is 2.50 bits per heavy atom. The molecule has 1 N–H and O–H groups in total. The van der Waals surface area contributed by atoms with Crippen molar-refractivity contribution in [2.75, 3.05) is 26.2 Å². The van der Waals surface area contributed by atoms with Gasteiger partial charge in [-0.3, -0.25) is 9.88 Å². The van der Waals surface area contributed by atoms with Crippen LogP contribution in [0.1, 0.15) is 51.2 Å². The molecule has 0 saturated carbocycles. The van der Waals surface area contributed by atoms with Crippen LogP contribution in [-0.4, -0.2) is 71.1 Å². The molecular weight excluding hydrogens is 508 g/mol. The number of hydrogen-bond donors (Lipinski definition) is 1. The fourth-order valence-corrected chi connectivity index (χ4v) is 4.17. The van der Waals surface area contributed by atoms with E-state index in [1.807, 2.05) is 30.3 Å². The monoisotopic (exact) mass is 544 g/mol. The Balaban J connectivity index is 1.71. The van der Waals surface area contributed by atoms with Crippen molar-refractivity contribution in [2.24, 2.45) is 5.16 Å². The van der Waals surface area contributed by atoms with Crippen molar-refractivity contribution in [3.63, 3.8) is 0 Å². The second kappa shape index (κ2) is 14.7. The number of amides is 1. The second-order valence-electron chi connectivity index (χ2n) is 10.2. The number of halogens is 1. The molecule has 2 atom stereocenters. The number of aromatic nitrogens is 1. The Kier molecular flexibility index (Phi) is 11.4. The molecule has 0 spiro atoms. The van der Waals surface area contributed by atoms with Gasteiger partial charge in [0, 0.05) is 30.9 Å². The Morgan fingerprint density at radius 1 is 1.11 bits per heavy atom. The molecule has 10 heteroatoms. The maximum absolute atomic E-state index is 13.4. The highest BCUT2D eigenvalue weighted by molar-refractivity contribution is 6.69. The Morgan fingerprint density at radius 2 is 1.84 bits per heavy atom. The van der Waals surface area contributed by atoms with Crippen LogP contribution in [0.3, 0.4) is 0 Å². The summed E-state index contributed by atoms with van der Waals surface area (Å²) >= 11 is 6.24. The van der Waals surface area contributed by atoms with Gasteiger partial charge >= 0.3 is 12.1 Å². The molecule has 2 heterocycles. The fourth-order valence-electron chi connectivity index (χ4n) is 4.01. The number of likely N-dealkylation sites (tertiary alicyclic amines) is 1. The van der Waals surface area contributed by atoms with Gasteiger partial charge in [0.2, 0.25) is 0 Å². The van der Waals surface area contributed by atoms with Crippen LogP contribution >= 0.6 is 11.6 Å². The third-order valence-corrected chi connectivity index (χ3v) is 6.04. The average Bonchev–Trinajstić information content (AvgIpc) is 2.89. The minimum Gasteiger partial charge on any atom is -0.456 e. The summed E-state index contributed by atoms with van der Waals surface area (Å²) in [5.74, 6) is -0.576. The van der Waals surface area contributed by atoms with E-state index in [1.165, 1.54) is 6.42 Å². The third kappa shape index (κ3) is 10.7. The molecule has 0 radical (unpaired) electrons. The molecule has 1 amide bonds. The van der Waals surface area contributed by atoms with Crippen molar-refractivity contribution in [1.82, 2.24) is 15.2 Å². The van der Waals surface area contributed by atoms with Crippen LogP contribution in [0.15, 0.2) is 60.0 Å². The smallest absolute Gasteiger partial charge is 0.408 e. The van der Waals surface area contributed by atoms with Crippen LogP contribution in [0, 0.1) is 0 Å². The van der Waals surface area contributed by atoms with E-state index in [9.17, 15) is 9.59 Å². The molecule has 1 fully saturated rings. The van der Waals surface area contributed by atoms with E-state index in [0.717, 1.165) is 31.5 Å². The minimum absolute atomic E-state index is 0.00319. The quantitative estimate of drug-likeness (QED) is 0.252. The first-order valence-corrected chi connectivity index (χ1v) is 13.3. The molecule has 1 aliphatic rings. The van der Waals surface area contributed by atoms with Crippen LogP contribution in [0.2, 0.25) is 0 Å². The lowest BCUT2D eigenvalue weighted by Crippen LogP contribution is -2.48. The van der Waals surface area contributed by atoms with E-state index in [0.29, 0.717) is 12.1 Å². The topological polar surface area (TPSA) is 102 Å². The average molecular weight is 545 g/mol. The Labute approximate surface area is 229 Å². The normalized spacial score (nSPS) is 16.3. The van der Waals surface area contributed by atoms with Crippen LogP contribution in [0.25, 0.3) is 0 Å². The number of carbonyl (C=O) groups is 2. The fraction of sp³-hybridized carbons (Fsp3) is 0.500. The van der Waals surface area contributed by atoms with Gasteiger partial charge in [0.05, 0.1) is 0 Å². The van der Waals surface area contributed by atoms with Gasteiger partial charge in [-0.1, -0.05) is 53.5 Å². The van der Waals surface area contributed by atoms with Gasteiger partial charge < -0.3 is 19.6 Å². The SMILES string of the molecule is CC(C)(C)OC(=O)NC(Cc1ccccc1)C(=O)OC(CO/N=C(\Cl)c1cccnc1)CN1CCCCC1. The largest absolute Gasteiger partial charge is 0.456 e. The Hall–Kier alpha value is -3.17. The maximum Gasteiger partial charge on any atom is 0.408 e. The second-order valence-corrected chi connectivity index (χ2v) is 10.6. The van der Waals surface area contributed by atoms with Crippen molar-refractivity contribution >= 4 is 28.8 Å². The highest BCUT2D eigenvalue weighted by Gasteiger charge is 2.29. The first kappa shape index (κ1) is 29.4. The Bertz CT molecular complexity index is 1040. The number of oxime groups is 1. The predicted molar refractivity (Wildman–Crippen MR) is 146 cm³/mol. The van der Waals surface area contributed by atoms with Gasteiger partial charge in [-0.25, -0.2) is 9.59 Å². The molecule has 38 heavy (non-hydrogen) atoms. The summed E-state index contributed by atoms with van der Waals surface area (Å²) in [7, 11) is 0. The zero-order chi connectivity index (χ0) is 27.4. The minimum atomic E-state index is -0.946. The van der Waals surface area contributed by atoms with E-state index in [4.69, 9.17) is 25.9 Å². The molecule has 2 unspecified atom stereocenters. The number of esters is 1. The summed E-state index contributed by atoms with van der Waals surface area (Å²) in [4.78, 5) is 37.7. The van der Waals surface area contributed by atoms with Crippen LogP contribution in [0.5, 0.6) is 0 Å². The number of rotatable bonds is 11. The first-order chi connectivity index (χ1) is 18.2. The van der Waals surface area contributed by atoms with E-state index in [1.54, 1.807) is 45.3 Å². The summed E-state index contributed by atoms with van der Waals surface area (Å²) < 4.78 is 11.3. The van der Waals surface area contributed by atoms with E-state index in [-0.39, 0.29) is 18.2 Å². The summed E-state index contributed by atoms with van der Waals surface area (Å²) in [6, 6.07) is 12.0. The standard InChI is InChI=1S/C28H37ClN4O5/c1-28(2,3)38-27(35)31-24(17-21-11-6-4-7-12-21)26(34)37-23(19-33-15-8-5-9-16-33)20-36-32-25(29)22-13-10-14-30-18-22/h4,6-7,10-14,18,23-24H,5,8-9,15-17,19-20H2,1-3H3,(H,31,35)/b32-25-. The van der Waals surface area contributed by atoms with Crippen molar-refractivity contribution < 1.29 is 23.9 Å². The van der Waals surface area contributed by atoms with E-state index >= 15 is 0 Å². The molecule has 206 valence electrons. The molecule has 0 bridgehead atoms. The van der Waals surface area contributed by atoms with Crippen molar-refractivity contribution in [3.05, 3.63) is 66.0 Å². The maximum atomic E-state index is 13.4. The summed E-state index contributed by atoms with van der Waals surface area (Å²) in [5.41, 5.74) is 0.784. The van der Waals surface area contributed by atoms with Crippen molar-refractivity contribution in [1.29, 1.82) is 0 Å². The van der Waals surface area contributed by atoms with Crippen LogP contribution in [0.4, 0.5) is 4.79 Å². The third-order valence-electron chi connectivity index (χ3n) is 5.76. The molecule has 1 saturated heterocycles. The molecule has 1 aliphatic heterocycles. The summed E-state index contributed by atoms with van der Waals surface area (Å²) in [6.45, 7) is 7.61. The molecule has 0 aliphatic carbocycles. The van der Waals surface area contributed by atoms with Gasteiger partial charge in [-0.15, -0.1) is 0 Å². The van der Waals surface area contributed by atoms with Crippen molar-refractivity contribution in [3.8, 4) is 0 Å². The van der Waals surface area contributed by atoms with Gasteiger partial charge in [0.15, 0.2) is 17.9 Å². The summed E-state index contributed by atoms with van der Waals surface area (Å²) in [6.07, 6.45) is 5.51. The van der Waals surface area contributed by atoms with Gasteiger partial charge in [-0.2, -0.15) is 0 Å². The zero-order valence-electron chi connectivity index (χ0n) is 22.3. The highest BCUT2D eigenvalue weighted by Crippen LogP contribution is 2.14. The number of nitrogens with zero attached hydrogens (tertiary/aromatic N) is 3. The number of ether oxygens (including phenoxy) is 2.